The lowest BCUT2D eigenvalue weighted by Crippen LogP contribution is -2.48. The molecule has 1 aromatic carbocycles. The van der Waals surface area contributed by atoms with E-state index < -0.39 is 29.8 Å². The number of aryl methyl sites for hydroxylation is 1. The average molecular weight is 434 g/mol. The van der Waals surface area contributed by atoms with Crippen LogP contribution in [0.3, 0.4) is 0 Å². The largest absolute Gasteiger partial charge is 0.508 e. The summed E-state index contributed by atoms with van der Waals surface area (Å²) >= 11 is 0. The van der Waals surface area contributed by atoms with Crippen molar-refractivity contribution < 1.29 is 34.1 Å². The van der Waals surface area contributed by atoms with E-state index in [9.17, 15) is 24.3 Å². The summed E-state index contributed by atoms with van der Waals surface area (Å²) in [6, 6.07) is 6.83. The number of ether oxygens (including phenoxy) is 1. The normalized spacial score (nSPS) is 12.8. The first-order valence-corrected chi connectivity index (χ1v) is 10.3. The van der Waals surface area contributed by atoms with Gasteiger partial charge in [-0.3, -0.25) is 19.2 Å². The maximum absolute atomic E-state index is 12.6. The first kappa shape index (κ1) is 25.9. The van der Waals surface area contributed by atoms with E-state index in [0.29, 0.717) is 32.1 Å². The van der Waals surface area contributed by atoms with Crippen molar-refractivity contribution in [3.8, 4) is 5.75 Å². The topological polar surface area (TPSA) is 130 Å². The number of rotatable bonds is 14. The van der Waals surface area contributed by atoms with Crippen LogP contribution < -0.4 is 5.32 Å². The Morgan fingerprint density at radius 2 is 1.81 bits per heavy atom. The third-order valence-corrected chi connectivity index (χ3v) is 4.95. The second kappa shape index (κ2) is 13.2. The third-order valence-electron chi connectivity index (χ3n) is 4.95. The first-order chi connectivity index (χ1) is 14.7. The molecule has 0 heterocycles. The second-order valence-electron chi connectivity index (χ2n) is 7.33. The summed E-state index contributed by atoms with van der Waals surface area (Å²) in [5.41, 5.74) is -0.463. The molecule has 0 saturated carbocycles. The van der Waals surface area contributed by atoms with Gasteiger partial charge in [0.25, 0.3) is 0 Å². The van der Waals surface area contributed by atoms with Crippen molar-refractivity contribution >= 4 is 23.6 Å². The fraction of sp³-hybridized carbons (Fsp3) is 0.478. The molecule has 8 nitrogen and oxygen atoms in total. The van der Waals surface area contributed by atoms with Crippen molar-refractivity contribution in [1.82, 2.24) is 5.32 Å². The van der Waals surface area contributed by atoms with Crippen LogP contribution in [0.4, 0.5) is 0 Å². The van der Waals surface area contributed by atoms with Gasteiger partial charge in [-0.05, 0) is 55.9 Å². The van der Waals surface area contributed by atoms with Crippen LogP contribution in [-0.2, 0) is 30.3 Å². The minimum atomic E-state index is -1.49. The first-order valence-electron chi connectivity index (χ1n) is 10.3. The number of nitrogens with one attached hydrogen (secondary N) is 1. The zero-order valence-electron chi connectivity index (χ0n) is 18.1. The highest BCUT2D eigenvalue weighted by atomic mass is 16.5. The monoisotopic (exact) mass is 433 g/mol. The maximum Gasteiger partial charge on any atom is 0.322 e. The number of carbonyl (C=O) groups excluding carboxylic acids is 3. The highest BCUT2D eigenvalue weighted by Gasteiger charge is 2.45. The van der Waals surface area contributed by atoms with Gasteiger partial charge in [0, 0.05) is 6.42 Å². The predicted molar refractivity (Wildman–Crippen MR) is 114 cm³/mol. The van der Waals surface area contributed by atoms with Gasteiger partial charge >= 0.3 is 11.9 Å². The summed E-state index contributed by atoms with van der Waals surface area (Å²) in [6.07, 6.45) is 5.93. The fourth-order valence-corrected chi connectivity index (χ4v) is 3.35. The molecule has 1 unspecified atom stereocenters. The number of phenols is 1. The molecule has 31 heavy (non-hydrogen) atoms. The van der Waals surface area contributed by atoms with Gasteiger partial charge in [0.05, 0.1) is 7.11 Å². The number of esters is 1. The molecule has 0 saturated heterocycles. The summed E-state index contributed by atoms with van der Waals surface area (Å²) in [7, 11) is 1.19. The van der Waals surface area contributed by atoms with E-state index in [1.54, 1.807) is 18.2 Å². The number of hydrogen-bond acceptors (Lipinski definition) is 6. The van der Waals surface area contributed by atoms with E-state index in [1.165, 1.54) is 13.2 Å². The molecule has 8 heteroatoms. The molecule has 0 aliphatic carbocycles. The van der Waals surface area contributed by atoms with Gasteiger partial charge in [-0.1, -0.05) is 31.6 Å². The summed E-state index contributed by atoms with van der Waals surface area (Å²) in [6.45, 7) is 1.23. The molecule has 0 aliphatic heterocycles. The number of carboxylic acids is 1. The van der Waals surface area contributed by atoms with E-state index in [0.717, 1.165) is 5.56 Å². The maximum atomic E-state index is 12.6. The van der Waals surface area contributed by atoms with Crippen LogP contribution in [-0.4, -0.2) is 47.5 Å². The Morgan fingerprint density at radius 3 is 2.39 bits per heavy atom. The Labute approximate surface area is 182 Å². The van der Waals surface area contributed by atoms with Gasteiger partial charge in [0.1, 0.15) is 17.7 Å². The zero-order valence-corrected chi connectivity index (χ0v) is 18.1. The van der Waals surface area contributed by atoms with Crippen LogP contribution in [0.5, 0.6) is 5.75 Å². The van der Waals surface area contributed by atoms with Gasteiger partial charge in [-0.2, -0.15) is 0 Å². The number of amides is 1. The Kier molecular flexibility index (Phi) is 11.0. The standard InChI is InChI=1S/C23H31NO7/c1-3-14-23(22(30)31-2,21(29)24-16-20(27)28)15-5-4-8-18(25)9-6-7-17-10-12-19(26)13-11-17/h4,8,10-13,26H,3,5-7,9,14-16H2,1-2H3,(H,24,29)(H,27,28)/b8-4-. The molecule has 0 fully saturated rings. The molecule has 1 aromatic rings. The van der Waals surface area contributed by atoms with E-state index in [1.807, 2.05) is 19.1 Å². The molecule has 1 rings (SSSR count). The van der Waals surface area contributed by atoms with Crippen molar-refractivity contribution in [1.29, 1.82) is 0 Å². The predicted octanol–water partition coefficient (Wildman–Crippen LogP) is 2.78. The SMILES string of the molecule is CCCC(CC/C=C\C(=O)CCCc1ccc(O)cc1)(C(=O)NCC(=O)O)C(=O)OC. The number of benzene rings is 1. The molecule has 0 radical (unpaired) electrons. The Hall–Kier alpha value is -3.16. The smallest absolute Gasteiger partial charge is 0.322 e. The number of allylic oxidation sites excluding steroid dienone is 2. The summed E-state index contributed by atoms with van der Waals surface area (Å²) < 4.78 is 4.82. The van der Waals surface area contributed by atoms with Crippen LogP contribution in [0.15, 0.2) is 36.4 Å². The van der Waals surface area contributed by atoms with Crippen LogP contribution >= 0.6 is 0 Å². The van der Waals surface area contributed by atoms with Crippen molar-refractivity contribution in [2.75, 3.05) is 13.7 Å². The fourth-order valence-electron chi connectivity index (χ4n) is 3.35. The number of carbonyl (C=O) groups is 4. The summed E-state index contributed by atoms with van der Waals surface area (Å²) in [4.78, 5) is 47.8. The molecule has 0 aliphatic rings. The lowest BCUT2D eigenvalue weighted by molar-refractivity contribution is -0.161. The Bertz CT molecular complexity index is 786. The quantitative estimate of drug-likeness (QED) is 0.234. The van der Waals surface area contributed by atoms with Gasteiger partial charge in [-0.15, -0.1) is 0 Å². The van der Waals surface area contributed by atoms with Crippen LogP contribution in [0, 0.1) is 5.41 Å². The number of aromatic hydroxyl groups is 1. The minimum absolute atomic E-state index is 0.0618. The molecule has 1 atom stereocenters. The number of hydrogen-bond donors (Lipinski definition) is 3. The van der Waals surface area contributed by atoms with E-state index in [2.05, 4.69) is 5.32 Å². The molecular formula is C23H31NO7. The van der Waals surface area contributed by atoms with Gasteiger partial charge in [-0.25, -0.2) is 0 Å². The van der Waals surface area contributed by atoms with Crippen LogP contribution in [0.2, 0.25) is 0 Å². The summed E-state index contributed by atoms with van der Waals surface area (Å²) in [5, 5.41) is 20.3. The molecule has 0 bridgehead atoms. The van der Waals surface area contributed by atoms with E-state index in [-0.39, 0.29) is 24.4 Å². The zero-order chi connectivity index (χ0) is 23.3. The Balaban J connectivity index is 2.63. The molecular weight excluding hydrogens is 402 g/mol. The molecule has 3 N–H and O–H groups in total. The third kappa shape index (κ3) is 8.62. The number of ketones is 1. The Morgan fingerprint density at radius 1 is 1.13 bits per heavy atom. The number of aliphatic carboxylic acids is 1. The highest BCUT2D eigenvalue weighted by Crippen LogP contribution is 2.32. The average Bonchev–Trinajstić information content (AvgIpc) is 2.75. The molecule has 170 valence electrons. The van der Waals surface area contributed by atoms with Gasteiger partial charge < -0.3 is 20.3 Å². The minimum Gasteiger partial charge on any atom is -0.508 e. The van der Waals surface area contributed by atoms with Gasteiger partial charge in [0.2, 0.25) is 5.91 Å². The van der Waals surface area contributed by atoms with E-state index >= 15 is 0 Å². The van der Waals surface area contributed by atoms with Crippen LogP contribution in [0.1, 0.15) is 51.0 Å². The van der Waals surface area contributed by atoms with E-state index in [4.69, 9.17) is 9.84 Å². The molecule has 0 spiro atoms. The van der Waals surface area contributed by atoms with Crippen LogP contribution in [0.25, 0.3) is 0 Å². The van der Waals surface area contributed by atoms with Crippen molar-refractivity contribution in [3.05, 3.63) is 42.0 Å². The molecule has 1 amide bonds. The lowest BCUT2D eigenvalue weighted by Gasteiger charge is -2.28. The second-order valence-corrected chi connectivity index (χ2v) is 7.33. The van der Waals surface area contributed by atoms with Gasteiger partial charge in [0.15, 0.2) is 5.78 Å². The highest BCUT2D eigenvalue weighted by molar-refractivity contribution is 6.03. The lowest BCUT2D eigenvalue weighted by atomic mass is 9.78. The van der Waals surface area contributed by atoms with Crippen molar-refractivity contribution in [2.24, 2.45) is 5.41 Å². The van der Waals surface area contributed by atoms with Crippen molar-refractivity contribution in [2.45, 2.75) is 51.9 Å². The van der Waals surface area contributed by atoms with Crippen molar-refractivity contribution in [3.63, 3.8) is 0 Å². The summed E-state index contributed by atoms with van der Waals surface area (Å²) in [5.74, 6) is -2.47. The molecule has 0 aromatic heterocycles. The number of phenolic OH excluding ortho intramolecular Hbond substituents is 1. The number of carboxylic acid groups (broad SMARTS) is 1. The number of methoxy groups -OCH3 is 1.